The van der Waals surface area contributed by atoms with Crippen LogP contribution in [0.4, 0.5) is 5.82 Å². The van der Waals surface area contributed by atoms with Gasteiger partial charge in [0, 0.05) is 25.8 Å². The Hall–Kier alpha value is -1.08. The van der Waals surface area contributed by atoms with E-state index in [0.717, 1.165) is 0 Å². The molecule has 2 rings (SSSR count). The Labute approximate surface area is 133 Å². The zero-order valence-electron chi connectivity index (χ0n) is 11.8. The first-order valence-corrected chi connectivity index (χ1v) is 7.35. The highest BCUT2D eigenvalue weighted by atomic mass is 35.5. The van der Waals surface area contributed by atoms with Crippen molar-refractivity contribution in [1.82, 2.24) is 9.88 Å². The van der Waals surface area contributed by atoms with Crippen LogP contribution < -0.4 is 10.6 Å². The van der Waals surface area contributed by atoms with Crippen LogP contribution in [0.2, 0.25) is 10.0 Å². The molecule has 8 heteroatoms. The fourth-order valence-corrected chi connectivity index (χ4v) is 2.84. The van der Waals surface area contributed by atoms with Crippen molar-refractivity contribution in [2.75, 3.05) is 44.7 Å². The molecule has 1 aliphatic rings. The van der Waals surface area contributed by atoms with Gasteiger partial charge in [-0.3, -0.25) is 9.69 Å². The van der Waals surface area contributed by atoms with Gasteiger partial charge in [-0.1, -0.05) is 23.2 Å². The van der Waals surface area contributed by atoms with E-state index in [4.69, 9.17) is 33.7 Å². The van der Waals surface area contributed by atoms with Gasteiger partial charge in [0.1, 0.15) is 5.82 Å². The molecule has 0 aliphatic carbocycles. The van der Waals surface area contributed by atoms with E-state index in [2.05, 4.69) is 9.88 Å². The number of likely N-dealkylation sites (N-methyl/N-ethyl adjacent to an activating group) is 1. The van der Waals surface area contributed by atoms with Crippen LogP contribution in [0.25, 0.3) is 0 Å². The lowest BCUT2D eigenvalue weighted by Crippen LogP contribution is -2.48. The molecule has 1 aromatic heterocycles. The number of primary amides is 1. The first-order chi connectivity index (χ1) is 9.95. The van der Waals surface area contributed by atoms with Crippen LogP contribution in [0.5, 0.6) is 0 Å². The summed E-state index contributed by atoms with van der Waals surface area (Å²) in [6.07, 6.45) is 1.54. The van der Waals surface area contributed by atoms with Crippen molar-refractivity contribution in [2.45, 2.75) is 6.10 Å². The largest absolute Gasteiger partial charge is 0.373 e. The van der Waals surface area contributed by atoms with Crippen molar-refractivity contribution in [3.05, 3.63) is 22.3 Å². The minimum atomic E-state index is -0.354. The summed E-state index contributed by atoms with van der Waals surface area (Å²) in [6.45, 7) is 2.77. The second-order valence-electron chi connectivity index (χ2n) is 5.06. The van der Waals surface area contributed by atoms with Gasteiger partial charge >= 0.3 is 0 Å². The Morgan fingerprint density at radius 3 is 3.05 bits per heavy atom. The minimum Gasteiger partial charge on any atom is -0.373 e. The number of halogens is 2. The monoisotopic (exact) mass is 332 g/mol. The van der Waals surface area contributed by atoms with E-state index in [9.17, 15) is 4.79 Å². The van der Waals surface area contributed by atoms with E-state index >= 15 is 0 Å². The van der Waals surface area contributed by atoms with Gasteiger partial charge in [0.25, 0.3) is 0 Å². The molecule has 0 aromatic carbocycles. The number of carbonyl (C=O) groups is 1. The molecule has 0 radical (unpaired) electrons. The van der Waals surface area contributed by atoms with Crippen LogP contribution in [0.15, 0.2) is 12.3 Å². The molecule has 0 saturated carbocycles. The van der Waals surface area contributed by atoms with E-state index < -0.39 is 0 Å². The number of rotatable bonds is 5. The summed E-state index contributed by atoms with van der Waals surface area (Å²) < 4.78 is 5.71. The van der Waals surface area contributed by atoms with Crippen LogP contribution in [0, 0.1) is 0 Å². The molecule has 1 saturated heterocycles. The molecule has 6 nitrogen and oxygen atoms in total. The van der Waals surface area contributed by atoms with Crippen molar-refractivity contribution in [3.63, 3.8) is 0 Å². The van der Waals surface area contributed by atoms with Crippen molar-refractivity contribution >= 4 is 34.9 Å². The lowest BCUT2D eigenvalue weighted by Gasteiger charge is -2.35. The number of pyridine rings is 1. The van der Waals surface area contributed by atoms with Crippen molar-refractivity contribution < 1.29 is 9.53 Å². The number of hydrogen-bond acceptors (Lipinski definition) is 5. The predicted octanol–water partition coefficient (Wildman–Crippen LogP) is 1.01. The standard InChI is InChI=1S/C13H18Cl2N4O2/c1-18(8-12(16)20)6-10-7-19(2-3-21-10)13-11(15)4-9(14)5-17-13/h4-5,10H,2-3,6-8H2,1H3,(H2,16,20)/t10-/m0/s1. The molecular formula is C13H18Cl2N4O2. The maximum Gasteiger partial charge on any atom is 0.231 e. The second kappa shape index (κ2) is 7.26. The van der Waals surface area contributed by atoms with Crippen molar-refractivity contribution in [1.29, 1.82) is 0 Å². The van der Waals surface area contributed by atoms with Crippen LogP contribution in [-0.2, 0) is 9.53 Å². The van der Waals surface area contributed by atoms with Crippen LogP contribution in [-0.4, -0.2) is 61.7 Å². The molecule has 0 bridgehead atoms. The number of amides is 1. The van der Waals surface area contributed by atoms with Gasteiger partial charge < -0.3 is 15.4 Å². The average Bonchev–Trinajstić information content (AvgIpc) is 2.37. The number of aromatic nitrogens is 1. The molecule has 1 aromatic rings. The van der Waals surface area contributed by atoms with Crippen LogP contribution in [0.1, 0.15) is 0 Å². The van der Waals surface area contributed by atoms with Gasteiger partial charge in [-0.2, -0.15) is 0 Å². The van der Waals surface area contributed by atoms with Crippen LogP contribution >= 0.6 is 23.2 Å². The van der Waals surface area contributed by atoms with E-state index in [0.29, 0.717) is 42.1 Å². The molecule has 21 heavy (non-hydrogen) atoms. The highest BCUT2D eigenvalue weighted by molar-refractivity contribution is 6.36. The van der Waals surface area contributed by atoms with E-state index in [1.807, 2.05) is 11.9 Å². The zero-order chi connectivity index (χ0) is 15.4. The average molecular weight is 333 g/mol. The number of hydrogen-bond donors (Lipinski definition) is 1. The SMILES string of the molecule is CN(CC(N)=O)C[C@H]1CN(c2ncc(Cl)cc2Cl)CCO1. The number of ether oxygens (including phenoxy) is 1. The second-order valence-corrected chi connectivity index (χ2v) is 5.90. The third kappa shape index (κ3) is 4.71. The van der Waals surface area contributed by atoms with Crippen molar-refractivity contribution in [3.8, 4) is 0 Å². The molecule has 1 fully saturated rings. The van der Waals surface area contributed by atoms with E-state index in [1.165, 1.54) is 0 Å². The molecular weight excluding hydrogens is 315 g/mol. The Morgan fingerprint density at radius 2 is 2.38 bits per heavy atom. The Morgan fingerprint density at radius 1 is 1.62 bits per heavy atom. The molecule has 1 atom stereocenters. The highest BCUT2D eigenvalue weighted by Gasteiger charge is 2.24. The first-order valence-electron chi connectivity index (χ1n) is 6.60. The number of morpholine rings is 1. The fraction of sp³-hybridized carbons (Fsp3) is 0.538. The number of anilines is 1. The summed E-state index contributed by atoms with van der Waals surface area (Å²) in [7, 11) is 1.83. The van der Waals surface area contributed by atoms with Gasteiger partial charge in [-0.05, 0) is 13.1 Å². The summed E-state index contributed by atoms with van der Waals surface area (Å²) in [5, 5.41) is 1.03. The van der Waals surface area contributed by atoms with Gasteiger partial charge in [-0.25, -0.2) is 4.98 Å². The summed E-state index contributed by atoms with van der Waals surface area (Å²) in [5.74, 6) is 0.347. The normalized spacial score (nSPS) is 19.0. The Balaban J connectivity index is 1.98. The lowest BCUT2D eigenvalue weighted by atomic mass is 10.2. The van der Waals surface area contributed by atoms with Gasteiger partial charge in [0.2, 0.25) is 5.91 Å². The van der Waals surface area contributed by atoms with Gasteiger partial charge in [-0.15, -0.1) is 0 Å². The minimum absolute atomic E-state index is 0.0309. The summed E-state index contributed by atoms with van der Waals surface area (Å²) in [4.78, 5) is 19.1. The number of carbonyl (C=O) groups excluding carboxylic acids is 1. The van der Waals surface area contributed by atoms with Crippen LogP contribution in [0.3, 0.4) is 0 Å². The highest BCUT2D eigenvalue weighted by Crippen LogP contribution is 2.27. The molecule has 1 amide bonds. The topological polar surface area (TPSA) is 71.7 Å². The molecule has 2 N–H and O–H groups in total. The van der Waals surface area contributed by atoms with E-state index in [1.54, 1.807) is 12.3 Å². The number of nitrogens with two attached hydrogens (primary N) is 1. The quantitative estimate of drug-likeness (QED) is 0.871. The zero-order valence-corrected chi connectivity index (χ0v) is 13.3. The maximum atomic E-state index is 10.9. The smallest absolute Gasteiger partial charge is 0.231 e. The Bertz CT molecular complexity index is 515. The molecule has 1 aliphatic heterocycles. The van der Waals surface area contributed by atoms with Gasteiger partial charge in [0.15, 0.2) is 0 Å². The molecule has 0 spiro atoms. The lowest BCUT2D eigenvalue weighted by molar-refractivity contribution is -0.119. The van der Waals surface area contributed by atoms with Crippen molar-refractivity contribution in [2.24, 2.45) is 5.73 Å². The Kier molecular flexibility index (Phi) is 5.64. The molecule has 116 valence electrons. The number of nitrogens with zero attached hydrogens (tertiary/aromatic N) is 3. The van der Waals surface area contributed by atoms with Gasteiger partial charge in [0.05, 0.1) is 29.3 Å². The van der Waals surface area contributed by atoms with E-state index in [-0.39, 0.29) is 18.6 Å². The summed E-state index contributed by atoms with van der Waals surface area (Å²) in [6, 6.07) is 1.68. The molecule has 2 heterocycles. The third-order valence-electron chi connectivity index (χ3n) is 3.17. The predicted molar refractivity (Wildman–Crippen MR) is 82.9 cm³/mol. The summed E-state index contributed by atoms with van der Waals surface area (Å²) >= 11 is 12.0. The first kappa shape index (κ1) is 16.3. The summed E-state index contributed by atoms with van der Waals surface area (Å²) in [5.41, 5.74) is 5.18. The molecule has 0 unspecified atom stereocenters. The fourth-order valence-electron chi connectivity index (χ4n) is 2.34. The maximum absolute atomic E-state index is 10.9. The third-order valence-corrected chi connectivity index (χ3v) is 3.65.